The van der Waals surface area contributed by atoms with Gasteiger partial charge in [-0.1, -0.05) is 42.5 Å². The molecule has 15 N–H and O–H groups in total. The van der Waals surface area contributed by atoms with Crippen molar-refractivity contribution in [3.63, 3.8) is 0 Å². The van der Waals surface area contributed by atoms with Crippen molar-refractivity contribution < 1.29 is 0 Å². The van der Waals surface area contributed by atoms with Crippen LogP contribution < -0.4 is 50.4 Å². The van der Waals surface area contributed by atoms with Gasteiger partial charge in [0.05, 0.1) is 0 Å². The molecule has 0 saturated carbocycles. The summed E-state index contributed by atoms with van der Waals surface area (Å²) in [4.78, 5) is 0. The van der Waals surface area contributed by atoms with E-state index in [1.807, 2.05) is 0 Å². The zero-order valence-electron chi connectivity index (χ0n) is 26.0. The van der Waals surface area contributed by atoms with Crippen LogP contribution in [-0.4, -0.2) is 77.0 Å². The van der Waals surface area contributed by atoms with E-state index in [-0.39, 0.29) is 18.1 Å². The maximum atomic E-state index is 6.58. The number of rotatable bonds is 25. The Bertz CT molecular complexity index is 915. The van der Waals surface area contributed by atoms with Crippen LogP contribution in [0.1, 0.15) is 55.2 Å². The van der Waals surface area contributed by atoms with Gasteiger partial charge in [0.2, 0.25) is 0 Å². The van der Waals surface area contributed by atoms with Crippen LogP contribution in [0.25, 0.3) is 11.1 Å². The van der Waals surface area contributed by atoms with Crippen molar-refractivity contribution in [2.75, 3.05) is 58.9 Å². The average Bonchev–Trinajstić information content (AvgIpc) is 2.97. The SMILES string of the molecule is NCCCNCCC(N)Cc1cccc(-c2cc(CC(N)CCNCCCN)cc(CC(N)CCNCCCN)c2)c1. The normalized spacial score (nSPS) is 13.8. The summed E-state index contributed by atoms with van der Waals surface area (Å²) in [5, 5.41) is 10.3. The van der Waals surface area contributed by atoms with Crippen molar-refractivity contribution in [2.45, 2.75) is 75.9 Å². The van der Waals surface area contributed by atoms with Gasteiger partial charge < -0.3 is 50.4 Å². The second-order valence-corrected chi connectivity index (χ2v) is 11.7. The van der Waals surface area contributed by atoms with Gasteiger partial charge in [-0.3, -0.25) is 0 Å². The smallest absolute Gasteiger partial charge is 0.00914 e. The highest BCUT2D eigenvalue weighted by atomic mass is 14.9. The zero-order valence-corrected chi connectivity index (χ0v) is 26.0. The Morgan fingerprint density at radius 2 is 0.881 bits per heavy atom. The molecule has 42 heavy (non-hydrogen) atoms. The van der Waals surface area contributed by atoms with Crippen LogP contribution in [-0.2, 0) is 19.3 Å². The third-order valence-electron chi connectivity index (χ3n) is 7.56. The second kappa shape index (κ2) is 22.6. The van der Waals surface area contributed by atoms with Crippen LogP contribution in [0.15, 0.2) is 42.5 Å². The summed E-state index contributed by atoms with van der Waals surface area (Å²) >= 11 is 0. The molecule has 0 aliphatic carbocycles. The Morgan fingerprint density at radius 1 is 0.476 bits per heavy atom. The first-order valence-corrected chi connectivity index (χ1v) is 16.2. The van der Waals surface area contributed by atoms with Gasteiger partial charge in [0.1, 0.15) is 0 Å². The Labute approximate surface area is 255 Å². The monoisotopic (exact) mass is 584 g/mol. The summed E-state index contributed by atoms with van der Waals surface area (Å²) in [7, 11) is 0. The van der Waals surface area contributed by atoms with Gasteiger partial charge in [-0.2, -0.15) is 0 Å². The minimum absolute atomic E-state index is 0.0849. The van der Waals surface area contributed by atoms with Gasteiger partial charge in [0, 0.05) is 18.1 Å². The maximum Gasteiger partial charge on any atom is 0.00914 e. The fraction of sp³-hybridized carbons (Fsp3) is 0.636. The summed E-state index contributed by atoms with van der Waals surface area (Å²) in [5.74, 6) is 0. The van der Waals surface area contributed by atoms with Gasteiger partial charge >= 0.3 is 0 Å². The Kier molecular flexibility index (Phi) is 19.5. The van der Waals surface area contributed by atoms with Crippen LogP contribution in [0.5, 0.6) is 0 Å². The minimum atomic E-state index is 0.0849. The molecule has 2 aromatic rings. The predicted octanol–water partition coefficient (Wildman–Crippen LogP) is 0.949. The molecule has 0 aromatic heterocycles. The third kappa shape index (κ3) is 16.1. The fourth-order valence-corrected chi connectivity index (χ4v) is 5.18. The highest BCUT2D eigenvalue weighted by molar-refractivity contribution is 5.66. The van der Waals surface area contributed by atoms with E-state index in [0.29, 0.717) is 19.6 Å². The summed E-state index contributed by atoms with van der Waals surface area (Å²) in [5.41, 5.74) is 42.6. The molecule has 0 aliphatic heterocycles. The quantitative estimate of drug-likeness (QED) is 0.0765. The van der Waals surface area contributed by atoms with Crippen molar-refractivity contribution in [2.24, 2.45) is 34.4 Å². The van der Waals surface area contributed by atoms with E-state index in [2.05, 4.69) is 58.4 Å². The van der Waals surface area contributed by atoms with Crippen molar-refractivity contribution in [3.05, 3.63) is 59.2 Å². The Hall–Kier alpha value is -1.92. The van der Waals surface area contributed by atoms with Gasteiger partial charge in [-0.05, 0) is 145 Å². The van der Waals surface area contributed by atoms with E-state index in [1.165, 1.54) is 27.8 Å². The molecule has 238 valence electrons. The molecular weight excluding hydrogens is 522 g/mol. The van der Waals surface area contributed by atoms with E-state index in [0.717, 1.165) is 97.1 Å². The third-order valence-corrected chi connectivity index (χ3v) is 7.56. The molecule has 0 bridgehead atoms. The van der Waals surface area contributed by atoms with Gasteiger partial charge in [-0.25, -0.2) is 0 Å². The number of benzene rings is 2. The largest absolute Gasteiger partial charge is 0.330 e. The first kappa shape index (κ1) is 36.3. The molecule has 0 spiro atoms. The molecule has 0 saturated heterocycles. The lowest BCUT2D eigenvalue weighted by molar-refractivity contribution is 0.549. The predicted molar refractivity (Wildman–Crippen MR) is 180 cm³/mol. The first-order valence-electron chi connectivity index (χ1n) is 16.2. The number of hydrogen-bond donors (Lipinski definition) is 9. The Morgan fingerprint density at radius 3 is 1.31 bits per heavy atom. The van der Waals surface area contributed by atoms with Crippen LogP contribution >= 0.6 is 0 Å². The summed E-state index contributed by atoms with van der Waals surface area (Å²) < 4.78 is 0. The fourth-order valence-electron chi connectivity index (χ4n) is 5.18. The summed E-state index contributed by atoms with van der Waals surface area (Å²) in [6.45, 7) is 7.67. The van der Waals surface area contributed by atoms with Gasteiger partial charge in [0.25, 0.3) is 0 Å². The van der Waals surface area contributed by atoms with Crippen molar-refractivity contribution in [3.8, 4) is 11.1 Å². The molecule has 0 aliphatic rings. The number of nitrogens with one attached hydrogen (secondary N) is 3. The van der Waals surface area contributed by atoms with Gasteiger partial charge in [-0.15, -0.1) is 0 Å². The minimum Gasteiger partial charge on any atom is -0.330 e. The Balaban J connectivity index is 2.11. The topological polar surface area (TPSA) is 192 Å². The number of nitrogens with two attached hydrogens (primary N) is 6. The highest BCUT2D eigenvalue weighted by Gasteiger charge is 2.12. The van der Waals surface area contributed by atoms with Crippen molar-refractivity contribution in [1.29, 1.82) is 0 Å². The molecule has 0 amide bonds. The van der Waals surface area contributed by atoms with E-state index in [1.54, 1.807) is 0 Å². The lowest BCUT2D eigenvalue weighted by Crippen LogP contribution is -2.30. The van der Waals surface area contributed by atoms with Crippen LogP contribution in [0.2, 0.25) is 0 Å². The molecule has 0 radical (unpaired) electrons. The standard InChI is InChI=1S/C33H61N9/c34-10-2-13-40-16-7-31(37)23-26-5-1-6-29(20-26)30-21-27(24-32(38)8-17-41-14-3-11-35)19-28(22-30)25-33(39)9-18-42-15-4-12-36/h1,5-6,19-22,31-33,40-42H,2-4,7-18,23-25,34-39H2. The molecule has 0 heterocycles. The van der Waals surface area contributed by atoms with E-state index in [4.69, 9.17) is 34.4 Å². The van der Waals surface area contributed by atoms with Crippen LogP contribution in [0.4, 0.5) is 0 Å². The van der Waals surface area contributed by atoms with E-state index in [9.17, 15) is 0 Å². The maximum absolute atomic E-state index is 6.58. The molecular formula is C33H61N9. The zero-order chi connectivity index (χ0) is 30.4. The summed E-state index contributed by atoms with van der Waals surface area (Å²) in [6, 6.07) is 16.0. The molecule has 2 rings (SSSR count). The lowest BCUT2D eigenvalue weighted by Gasteiger charge is -2.18. The molecule has 3 atom stereocenters. The van der Waals surface area contributed by atoms with E-state index < -0.39 is 0 Å². The molecule has 3 unspecified atom stereocenters. The number of hydrogen-bond acceptors (Lipinski definition) is 9. The van der Waals surface area contributed by atoms with E-state index >= 15 is 0 Å². The average molecular weight is 584 g/mol. The first-order chi connectivity index (χ1) is 20.4. The second-order valence-electron chi connectivity index (χ2n) is 11.7. The lowest BCUT2D eigenvalue weighted by atomic mass is 9.92. The van der Waals surface area contributed by atoms with Crippen molar-refractivity contribution in [1.82, 2.24) is 16.0 Å². The molecule has 2 aromatic carbocycles. The highest BCUT2D eigenvalue weighted by Crippen LogP contribution is 2.26. The molecule has 9 heteroatoms. The van der Waals surface area contributed by atoms with Crippen LogP contribution in [0, 0.1) is 0 Å². The summed E-state index contributed by atoms with van der Waals surface area (Å²) in [6.07, 6.45) is 8.26. The van der Waals surface area contributed by atoms with Gasteiger partial charge in [0.15, 0.2) is 0 Å². The molecule has 0 fully saturated rings. The van der Waals surface area contributed by atoms with Crippen molar-refractivity contribution >= 4 is 0 Å². The van der Waals surface area contributed by atoms with Crippen LogP contribution in [0.3, 0.4) is 0 Å². The molecule has 9 nitrogen and oxygen atoms in total.